The fraction of sp³-hybridized carbons (Fsp3) is 0.320. The number of carbonyl (C=O) groups is 1. The van der Waals surface area contributed by atoms with Gasteiger partial charge in [-0.3, -0.25) is 9.59 Å². The summed E-state index contributed by atoms with van der Waals surface area (Å²) >= 11 is 0. The van der Waals surface area contributed by atoms with Crippen molar-refractivity contribution in [1.82, 2.24) is 15.5 Å². The van der Waals surface area contributed by atoms with Crippen molar-refractivity contribution >= 4 is 5.91 Å². The highest BCUT2D eigenvalue weighted by Crippen LogP contribution is 2.22. The van der Waals surface area contributed by atoms with Crippen molar-refractivity contribution < 1.29 is 9.53 Å². The summed E-state index contributed by atoms with van der Waals surface area (Å²) in [5.74, 6) is 0.718. The molecule has 1 amide bonds. The summed E-state index contributed by atoms with van der Waals surface area (Å²) < 4.78 is 5.24. The number of benzene rings is 2. The second kappa shape index (κ2) is 9.60. The van der Waals surface area contributed by atoms with Crippen LogP contribution in [0.1, 0.15) is 51.1 Å². The third-order valence-electron chi connectivity index (χ3n) is 5.78. The Morgan fingerprint density at radius 3 is 2.68 bits per heavy atom. The van der Waals surface area contributed by atoms with Crippen LogP contribution in [0.4, 0.5) is 0 Å². The van der Waals surface area contributed by atoms with E-state index in [4.69, 9.17) is 4.74 Å². The zero-order valence-corrected chi connectivity index (χ0v) is 17.7. The van der Waals surface area contributed by atoms with Crippen LogP contribution in [0.2, 0.25) is 0 Å². The van der Waals surface area contributed by atoms with E-state index >= 15 is 0 Å². The molecule has 31 heavy (non-hydrogen) atoms. The van der Waals surface area contributed by atoms with Gasteiger partial charge in [-0.15, -0.1) is 0 Å². The number of fused-ring (bicyclic) bond motifs is 1. The summed E-state index contributed by atoms with van der Waals surface area (Å²) in [5, 5.41) is 9.94. The zero-order chi connectivity index (χ0) is 21.6. The Labute approximate surface area is 181 Å². The Morgan fingerprint density at radius 2 is 1.84 bits per heavy atom. The van der Waals surface area contributed by atoms with Gasteiger partial charge in [-0.1, -0.05) is 24.3 Å². The van der Waals surface area contributed by atoms with E-state index in [1.54, 1.807) is 7.11 Å². The van der Waals surface area contributed by atoms with Gasteiger partial charge in [0.05, 0.1) is 12.8 Å². The molecule has 1 aliphatic rings. The summed E-state index contributed by atoms with van der Waals surface area (Å²) in [7, 11) is 1.65. The van der Waals surface area contributed by atoms with Crippen LogP contribution < -0.4 is 15.6 Å². The third kappa shape index (κ3) is 5.02. The number of nitrogens with one attached hydrogen (secondary N) is 2. The molecule has 6 nitrogen and oxygen atoms in total. The monoisotopic (exact) mass is 417 g/mol. The number of hydrogen-bond acceptors (Lipinski definition) is 4. The van der Waals surface area contributed by atoms with E-state index in [0.29, 0.717) is 18.5 Å². The molecular weight excluding hydrogens is 390 g/mol. The quantitative estimate of drug-likeness (QED) is 0.618. The SMILES string of the molecule is COc1cccc(CCNC(=O)c2cccc(Cc3n[nH]c(=O)c4c3CCCC4)c2)c1. The summed E-state index contributed by atoms with van der Waals surface area (Å²) in [6, 6.07) is 15.5. The summed E-state index contributed by atoms with van der Waals surface area (Å²) in [6.07, 6.45) is 5.17. The molecule has 2 N–H and O–H groups in total. The van der Waals surface area contributed by atoms with Gasteiger partial charge in [0.2, 0.25) is 0 Å². The molecule has 1 aliphatic carbocycles. The maximum atomic E-state index is 12.6. The minimum absolute atomic E-state index is 0.0670. The average Bonchev–Trinajstić information content (AvgIpc) is 2.81. The Hall–Kier alpha value is -3.41. The van der Waals surface area contributed by atoms with E-state index in [1.165, 1.54) is 0 Å². The molecule has 0 aliphatic heterocycles. The number of ether oxygens (including phenoxy) is 1. The second-order valence-electron chi connectivity index (χ2n) is 7.90. The Balaban J connectivity index is 1.41. The number of nitrogens with zero attached hydrogens (tertiary/aromatic N) is 1. The maximum absolute atomic E-state index is 12.6. The van der Waals surface area contributed by atoms with Crippen LogP contribution in [0, 0.1) is 0 Å². The lowest BCUT2D eigenvalue weighted by molar-refractivity contribution is 0.0954. The van der Waals surface area contributed by atoms with Crippen LogP contribution in [0.5, 0.6) is 5.75 Å². The van der Waals surface area contributed by atoms with Crippen LogP contribution in [-0.2, 0) is 25.7 Å². The lowest BCUT2D eigenvalue weighted by Crippen LogP contribution is -2.26. The van der Waals surface area contributed by atoms with E-state index in [0.717, 1.165) is 65.8 Å². The first-order valence-electron chi connectivity index (χ1n) is 10.7. The number of carbonyl (C=O) groups excluding carboxylic acids is 1. The first-order chi connectivity index (χ1) is 15.1. The fourth-order valence-corrected chi connectivity index (χ4v) is 4.14. The lowest BCUT2D eigenvalue weighted by Gasteiger charge is -2.17. The molecule has 0 unspecified atom stereocenters. The average molecular weight is 418 g/mol. The van der Waals surface area contributed by atoms with Gasteiger partial charge >= 0.3 is 0 Å². The third-order valence-corrected chi connectivity index (χ3v) is 5.78. The van der Waals surface area contributed by atoms with E-state index in [9.17, 15) is 9.59 Å². The largest absolute Gasteiger partial charge is 0.497 e. The highest BCUT2D eigenvalue weighted by atomic mass is 16.5. The van der Waals surface area contributed by atoms with E-state index < -0.39 is 0 Å². The molecule has 1 aromatic heterocycles. The molecule has 0 bridgehead atoms. The number of aromatic amines is 1. The minimum atomic E-state index is -0.0961. The fourth-order valence-electron chi connectivity index (χ4n) is 4.14. The molecule has 4 rings (SSSR count). The van der Waals surface area contributed by atoms with Gasteiger partial charge in [-0.2, -0.15) is 5.10 Å². The predicted molar refractivity (Wildman–Crippen MR) is 120 cm³/mol. The van der Waals surface area contributed by atoms with Crippen molar-refractivity contribution in [2.45, 2.75) is 38.5 Å². The van der Waals surface area contributed by atoms with Crippen molar-refractivity contribution in [1.29, 1.82) is 0 Å². The molecule has 0 saturated carbocycles. The topological polar surface area (TPSA) is 84.1 Å². The number of hydrogen-bond donors (Lipinski definition) is 2. The van der Waals surface area contributed by atoms with Crippen LogP contribution in [0.3, 0.4) is 0 Å². The predicted octanol–water partition coefficient (Wildman–Crippen LogP) is 3.22. The van der Waals surface area contributed by atoms with E-state index in [1.807, 2.05) is 48.5 Å². The number of rotatable bonds is 7. The van der Waals surface area contributed by atoms with Crippen LogP contribution in [0.15, 0.2) is 53.3 Å². The summed E-state index contributed by atoms with van der Waals surface area (Å²) in [4.78, 5) is 24.7. The molecule has 2 aromatic carbocycles. The lowest BCUT2D eigenvalue weighted by atomic mass is 9.90. The summed E-state index contributed by atoms with van der Waals surface area (Å²) in [6.45, 7) is 0.547. The highest BCUT2D eigenvalue weighted by molar-refractivity contribution is 5.94. The zero-order valence-electron chi connectivity index (χ0n) is 17.7. The Bertz CT molecular complexity index is 1140. The van der Waals surface area contributed by atoms with Crippen LogP contribution in [0.25, 0.3) is 0 Å². The van der Waals surface area contributed by atoms with Gasteiger partial charge < -0.3 is 10.1 Å². The van der Waals surface area contributed by atoms with Crippen LogP contribution >= 0.6 is 0 Å². The first kappa shape index (κ1) is 20.8. The number of methoxy groups -OCH3 is 1. The minimum Gasteiger partial charge on any atom is -0.497 e. The molecule has 6 heteroatoms. The molecule has 160 valence electrons. The number of amides is 1. The van der Waals surface area contributed by atoms with E-state index in [-0.39, 0.29) is 11.5 Å². The Kier molecular flexibility index (Phi) is 6.46. The molecule has 0 radical (unpaired) electrons. The van der Waals surface area contributed by atoms with Gasteiger partial charge in [0, 0.05) is 24.1 Å². The van der Waals surface area contributed by atoms with Gasteiger partial charge in [-0.05, 0) is 73.1 Å². The molecule has 0 saturated heterocycles. The molecule has 0 fully saturated rings. The number of aromatic nitrogens is 2. The normalized spacial score (nSPS) is 12.8. The molecule has 0 spiro atoms. The molecule has 0 atom stereocenters. The standard InChI is InChI=1S/C25H27N3O3/c1-31-20-9-5-6-17(15-20)12-13-26-24(29)19-8-4-7-18(14-19)16-23-21-10-2-3-11-22(21)25(30)28-27-23/h4-9,14-15H,2-3,10-13,16H2,1H3,(H,26,29)(H,28,30). The van der Waals surface area contributed by atoms with Crippen molar-refractivity contribution in [2.24, 2.45) is 0 Å². The molecule has 1 heterocycles. The highest BCUT2D eigenvalue weighted by Gasteiger charge is 2.18. The van der Waals surface area contributed by atoms with Crippen molar-refractivity contribution in [3.8, 4) is 5.75 Å². The first-order valence-corrected chi connectivity index (χ1v) is 10.7. The summed E-state index contributed by atoms with van der Waals surface area (Å²) in [5.41, 5.74) is 5.55. The number of H-pyrrole nitrogens is 1. The van der Waals surface area contributed by atoms with Gasteiger partial charge in [0.25, 0.3) is 11.5 Å². The van der Waals surface area contributed by atoms with Gasteiger partial charge in [0.1, 0.15) is 5.75 Å². The molecular formula is C25H27N3O3. The maximum Gasteiger partial charge on any atom is 0.267 e. The smallest absolute Gasteiger partial charge is 0.267 e. The van der Waals surface area contributed by atoms with Crippen molar-refractivity contribution in [3.63, 3.8) is 0 Å². The van der Waals surface area contributed by atoms with Gasteiger partial charge in [-0.25, -0.2) is 5.10 Å². The molecule has 3 aromatic rings. The van der Waals surface area contributed by atoms with Gasteiger partial charge in [0.15, 0.2) is 0 Å². The van der Waals surface area contributed by atoms with Crippen LogP contribution in [-0.4, -0.2) is 29.8 Å². The second-order valence-corrected chi connectivity index (χ2v) is 7.90. The van der Waals surface area contributed by atoms with E-state index in [2.05, 4.69) is 15.5 Å². The van der Waals surface area contributed by atoms with Crippen molar-refractivity contribution in [2.75, 3.05) is 13.7 Å². The Morgan fingerprint density at radius 1 is 1.06 bits per heavy atom. The van der Waals surface area contributed by atoms with Crippen molar-refractivity contribution in [3.05, 3.63) is 92.4 Å².